The van der Waals surface area contributed by atoms with Crippen LogP contribution in [0.15, 0.2) is 18.2 Å². The van der Waals surface area contributed by atoms with E-state index in [0.29, 0.717) is 0 Å². The van der Waals surface area contributed by atoms with Crippen molar-refractivity contribution in [2.45, 2.75) is 198 Å². The third-order valence-corrected chi connectivity index (χ3v) is 12.5. The van der Waals surface area contributed by atoms with E-state index >= 15 is 0 Å². The molecule has 6 rings (SSSR count). The standard InChI is InChI=1S/C17H28N2OS.C17H28N2.C14H25N3/c1-16(2,3)9-12-14(15(18)20)11-7-8-19(17(4,5)6)10-13(11)21-12;1-16(2,3)18-15-8-7-14-12-19(17(4,5)6)10-9-13(14)11-15;1-13(2,3)12-10-7-8-17(14(4,5)6)9-11(10)15-16-12/h7-10H2,1-6H3,(H2,18,20);7-8,11,18H,9-10,12H2,1-6H3;7-9H2,1-6H3,(H,15,16). The Balaban J connectivity index is 0.000000190. The molecule has 0 aliphatic carbocycles. The third kappa shape index (κ3) is 12.9. The van der Waals surface area contributed by atoms with Crippen molar-refractivity contribution in [2.75, 3.05) is 25.0 Å². The van der Waals surface area contributed by atoms with Crippen molar-refractivity contribution in [3.63, 3.8) is 0 Å². The van der Waals surface area contributed by atoms with Crippen LogP contribution in [-0.2, 0) is 50.7 Å². The van der Waals surface area contributed by atoms with E-state index in [0.717, 1.165) is 70.5 Å². The van der Waals surface area contributed by atoms with Gasteiger partial charge in [0.2, 0.25) is 5.91 Å². The van der Waals surface area contributed by atoms with Gasteiger partial charge in [-0.05, 0) is 149 Å². The number of aromatic nitrogens is 2. The minimum Gasteiger partial charge on any atom is -0.380 e. The van der Waals surface area contributed by atoms with Crippen LogP contribution < -0.4 is 11.1 Å². The van der Waals surface area contributed by atoms with Crippen molar-refractivity contribution in [1.82, 2.24) is 24.9 Å². The first-order chi connectivity index (χ1) is 25.8. The number of H-pyrrole nitrogens is 1. The smallest absolute Gasteiger partial charge is 0.250 e. The molecule has 2 aromatic heterocycles. The number of nitrogens with two attached hydrogens (primary N) is 1. The molecular weight excluding hydrogens is 723 g/mol. The summed E-state index contributed by atoms with van der Waals surface area (Å²) in [6, 6.07) is 6.85. The van der Waals surface area contributed by atoms with Crippen molar-refractivity contribution in [2.24, 2.45) is 11.1 Å². The highest BCUT2D eigenvalue weighted by Crippen LogP contribution is 2.38. The van der Waals surface area contributed by atoms with Gasteiger partial charge in [0.1, 0.15) is 0 Å². The summed E-state index contributed by atoms with van der Waals surface area (Å²) < 4.78 is 0. The number of aromatic amines is 1. The number of benzene rings is 1. The Morgan fingerprint density at radius 3 is 1.75 bits per heavy atom. The van der Waals surface area contributed by atoms with Crippen LogP contribution in [0.2, 0.25) is 0 Å². The lowest BCUT2D eigenvalue weighted by Crippen LogP contribution is -2.44. The minimum absolute atomic E-state index is 0.125. The lowest BCUT2D eigenvalue weighted by Gasteiger charge is -2.39. The molecule has 3 aliphatic rings. The maximum Gasteiger partial charge on any atom is 0.250 e. The van der Waals surface area contributed by atoms with Gasteiger partial charge in [-0.1, -0.05) is 47.6 Å². The lowest BCUT2D eigenvalue weighted by molar-refractivity contribution is 0.0995. The quantitative estimate of drug-likeness (QED) is 0.244. The van der Waals surface area contributed by atoms with Crippen LogP contribution in [0.3, 0.4) is 0 Å². The van der Waals surface area contributed by atoms with Crippen LogP contribution in [0.5, 0.6) is 0 Å². The molecule has 0 radical (unpaired) electrons. The van der Waals surface area contributed by atoms with E-state index in [9.17, 15) is 4.79 Å². The van der Waals surface area contributed by atoms with Crippen molar-refractivity contribution in [1.29, 1.82) is 0 Å². The van der Waals surface area contributed by atoms with E-state index in [1.165, 1.54) is 49.1 Å². The molecule has 0 unspecified atom stereocenters. The largest absolute Gasteiger partial charge is 0.380 e. The molecule has 57 heavy (non-hydrogen) atoms. The number of hydrogen-bond donors (Lipinski definition) is 3. The molecule has 3 aromatic rings. The molecule has 1 amide bonds. The molecule has 0 fully saturated rings. The number of carbonyl (C=O) groups excluding carboxylic acids is 1. The normalized spacial score (nSPS) is 17.4. The molecule has 1 aromatic carbocycles. The van der Waals surface area contributed by atoms with Crippen LogP contribution in [-0.4, -0.2) is 72.6 Å². The van der Waals surface area contributed by atoms with Crippen molar-refractivity contribution in [3.05, 3.63) is 67.2 Å². The van der Waals surface area contributed by atoms with Gasteiger partial charge in [-0.15, -0.1) is 11.3 Å². The fourth-order valence-electron chi connectivity index (χ4n) is 8.07. The average Bonchev–Trinajstić information content (AvgIpc) is 3.63. The van der Waals surface area contributed by atoms with Gasteiger partial charge in [0, 0.05) is 82.3 Å². The van der Waals surface area contributed by atoms with E-state index in [1.54, 1.807) is 11.3 Å². The number of carbonyl (C=O) groups is 1. The second-order valence-corrected chi connectivity index (χ2v) is 24.3. The molecule has 0 spiro atoms. The van der Waals surface area contributed by atoms with E-state index in [1.807, 2.05) is 0 Å². The Bertz CT molecular complexity index is 1830. The van der Waals surface area contributed by atoms with Crippen molar-refractivity contribution in [3.8, 4) is 0 Å². The molecule has 4 N–H and O–H groups in total. The second-order valence-electron chi connectivity index (χ2n) is 23.1. The maximum absolute atomic E-state index is 11.9. The van der Waals surface area contributed by atoms with Gasteiger partial charge in [-0.3, -0.25) is 24.6 Å². The van der Waals surface area contributed by atoms with Crippen LogP contribution >= 0.6 is 11.3 Å². The summed E-state index contributed by atoms with van der Waals surface area (Å²) in [5, 5.41) is 11.3. The number of thiophene rings is 1. The van der Waals surface area contributed by atoms with Gasteiger partial charge in [0.05, 0.1) is 17.0 Å². The molecule has 9 heteroatoms. The van der Waals surface area contributed by atoms with Crippen LogP contribution in [0.25, 0.3) is 0 Å². The summed E-state index contributed by atoms with van der Waals surface area (Å²) >= 11 is 1.79. The Morgan fingerprint density at radius 1 is 0.719 bits per heavy atom. The Labute approximate surface area is 352 Å². The van der Waals surface area contributed by atoms with Gasteiger partial charge >= 0.3 is 0 Å². The number of rotatable bonds is 3. The highest BCUT2D eigenvalue weighted by atomic mass is 32.1. The van der Waals surface area contributed by atoms with Gasteiger partial charge in [-0.25, -0.2) is 0 Å². The first-order valence-corrected chi connectivity index (χ1v) is 22.3. The minimum atomic E-state index is -0.254. The summed E-state index contributed by atoms with van der Waals surface area (Å²) in [5.74, 6) is -0.254. The SMILES string of the molecule is CC(C)(C)Cc1sc2c(c1C(N)=O)CCN(C(C)(C)C)C2.CC(C)(C)Nc1ccc2c(c1)CCN(C(C)(C)C)C2.CC(C)(C)c1n[nH]c2c1CCN(C(C)(C)C)C2. The zero-order chi connectivity index (χ0) is 43.1. The molecular formula is C48H81N7OS. The molecule has 320 valence electrons. The van der Waals surface area contributed by atoms with Gasteiger partial charge in [0.25, 0.3) is 0 Å². The molecule has 0 atom stereocenters. The summed E-state index contributed by atoms with van der Waals surface area (Å²) in [6.07, 6.45) is 4.13. The topological polar surface area (TPSA) is 93.5 Å². The maximum atomic E-state index is 11.9. The monoisotopic (exact) mass is 804 g/mol. The van der Waals surface area contributed by atoms with E-state index in [-0.39, 0.29) is 38.9 Å². The van der Waals surface area contributed by atoms with E-state index in [2.05, 4.69) is 173 Å². The van der Waals surface area contributed by atoms with Gasteiger partial charge in [-0.2, -0.15) is 5.10 Å². The first kappa shape index (κ1) is 47.0. The molecule has 3 aliphatic heterocycles. The highest BCUT2D eigenvalue weighted by Gasteiger charge is 2.33. The number of primary amides is 1. The average molecular weight is 804 g/mol. The number of fused-ring (bicyclic) bond motifs is 3. The molecule has 0 bridgehead atoms. The highest BCUT2D eigenvalue weighted by molar-refractivity contribution is 7.12. The number of hydrogen-bond acceptors (Lipinski definition) is 7. The molecule has 8 nitrogen and oxygen atoms in total. The zero-order valence-corrected chi connectivity index (χ0v) is 40.3. The number of amides is 1. The Morgan fingerprint density at radius 2 is 1.25 bits per heavy atom. The second kappa shape index (κ2) is 17.1. The van der Waals surface area contributed by atoms with Crippen LogP contribution in [0.1, 0.15) is 178 Å². The van der Waals surface area contributed by atoms with Crippen molar-refractivity contribution >= 4 is 22.9 Å². The number of anilines is 1. The van der Waals surface area contributed by atoms with Crippen molar-refractivity contribution < 1.29 is 4.79 Å². The third-order valence-electron chi connectivity index (χ3n) is 11.3. The number of nitrogens with zero attached hydrogens (tertiary/aromatic N) is 4. The first-order valence-electron chi connectivity index (χ1n) is 21.5. The fourth-order valence-corrected chi connectivity index (χ4v) is 9.75. The molecule has 0 saturated carbocycles. The summed E-state index contributed by atoms with van der Waals surface area (Å²) in [7, 11) is 0. The van der Waals surface area contributed by atoms with Crippen LogP contribution in [0.4, 0.5) is 5.69 Å². The summed E-state index contributed by atoms with van der Waals surface area (Å²) in [6.45, 7) is 46.7. The Hall–Kier alpha value is -2.72. The molecule has 5 heterocycles. The van der Waals surface area contributed by atoms with E-state index in [4.69, 9.17) is 5.73 Å². The van der Waals surface area contributed by atoms with E-state index < -0.39 is 0 Å². The van der Waals surface area contributed by atoms with Gasteiger partial charge < -0.3 is 11.1 Å². The molecule has 0 saturated heterocycles. The lowest BCUT2D eigenvalue weighted by atomic mass is 9.86. The summed E-state index contributed by atoms with van der Waals surface area (Å²) in [4.78, 5) is 22.0. The van der Waals surface area contributed by atoms with Crippen LogP contribution in [0, 0.1) is 5.41 Å². The summed E-state index contributed by atoms with van der Waals surface area (Å²) in [5.41, 5.74) is 17.1. The predicted molar refractivity (Wildman–Crippen MR) is 245 cm³/mol. The van der Waals surface area contributed by atoms with Gasteiger partial charge in [0.15, 0.2) is 0 Å². The predicted octanol–water partition coefficient (Wildman–Crippen LogP) is 10.5. The Kier molecular flexibility index (Phi) is 14.1. The number of nitrogens with one attached hydrogen (secondary N) is 2. The fraction of sp³-hybridized carbons (Fsp3) is 0.708. The zero-order valence-electron chi connectivity index (χ0n) is 39.5.